The van der Waals surface area contributed by atoms with Gasteiger partial charge in [-0.25, -0.2) is 13.9 Å². The van der Waals surface area contributed by atoms with Crippen molar-refractivity contribution in [1.82, 2.24) is 19.4 Å². The Balaban J connectivity index is 1.55. The zero-order valence-corrected chi connectivity index (χ0v) is 24.0. The van der Waals surface area contributed by atoms with Crippen LogP contribution in [0.3, 0.4) is 0 Å². The van der Waals surface area contributed by atoms with E-state index in [1.165, 1.54) is 0 Å². The highest BCUT2D eigenvalue weighted by atomic mass is 19.1. The van der Waals surface area contributed by atoms with Gasteiger partial charge in [-0.05, 0) is 58.2 Å². The number of likely N-dealkylation sites (tertiary alicyclic amines) is 1. The van der Waals surface area contributed by atoms with E-state index in [0.717, 1.165) is 48.4 Å². The van der Waals surface area contributed by atoms with Crippen LogP contribution in [0, 0.1) is 5.82 Å². The molecule has 1 aromatic heterocycles. The summed E-state index contributed by atoms with van der Waals surface area (Å²) >= 11 is 0. The number of benzene rings is 1. The predicted molar refractivity (Wildman–Crippen MR) is 153 cm³/mol. The predicted octanol–water partition coefficient (Wildman–Crippen LogP) is 5.24. The minimum Gasteiger partial charge on any atom is -0.450 e. The first-order valence-corrected chi connectivity index (χ1v) is 13.9. The van der Waals surface area contributed by atoms with Crippen molar-refractivity contribution in [1.29, 1.82) is 0 Å². The molecule has 2 aromatic rings. The largest absolute Gasteiger partial charge is 0.450 e. The Hall–Kier alpha value is -3.17. The number of methoxy groups -OCH3 is 1. The highest BCUT2D eigenvalue weighted by Gasteiger charge is 2.37. The Morgan fingerprint density at radius 3 is 2.33 bits per heavy atom. The van der Waals surface area contributed by atoms with Crippen molar-refractivity contribution in [2.24, 2.45) is 5.10 Å². The Kier molecular flexibility index (Phi) is 9.12. The molecule has 8 nitrogen and oxygen atoms in total. The minimum absolute atomic E-state index is 0.280. The molecule has 0 radical (unpaired) electrons. The molecule has 9 heteroatoms. The molecule has 0 atom stereocenters. The second-order valence-corrected chi connectivity index (χ2v) is 10.5. The Bertz CT molecular complexity index is 1190. The van der Waals surface area contributed by atoms with Crippen molar-refractivity contribution in [2.75, 3.05) is 53.0 Å². The number of rotatable bonds is 8. The van der Waals surface area contributed by atoms with E-state index in [0.29, 0.717) is 44.4 Å². The van der Waals surface area contributed by atoms with Crippen LogP contribution in [0.15, 0.2) is 41.6 Å². The normalized spacial score (nSPS) is 18.5. The van der Waals surface area contributed by atoms with Crippen molar-refractivity contribution in [3.8, 4) is 11.1 Å². The summed E-state index contributed by atoms with van der Waals surface area (Å²) in [7, 11) is 1.73. The second-order valence-electron chi connectivity index (χ2n) is 10.5. The number of hydrogen-bond acceptors (Lipinski definition) is 6. The minimum atomic E-state index is -0.478. The molecule has 2 fully saturated rings. The summed E-state index contributed by atoms with van der Waals surface area (Å²) < 4.78 is 28.5. The van der Waals surface area contributed by atoms with Crippen molar-refractivity contribution in [3.63, 3.8) is 0 Å². The fourth-order valence-corrected chi connectivity index (χ4v) is 5.79. The molecule has 212 valence electrons. The molecule has 0 aliphatic carbocycles. The van der Waals surface area contributed by atoms with E-state index in [1.54, 1.807) is 22.8 Å². The number of allylic oxidation sites excluding steroid dienone is 1. The summed E-state index contributed by atoms with van der Waals surface area (Å²) in [6, 6.07) is 7.91. The Morgan fingerprint density at radius 2 is 1.79 bits per heavy atom. The number of piperidine rings is 1. The van der Waals surface area contributed by atoms with Crippen LogP contribution in [0.5, 0.6) is 0 Å². The lowest BCUT2D eigenvalue weighted by molar-refractivity contribution is -0.0671. The van der Waals surface area contributed by atoms with Crippen LogP contribution >= 0.6 is 0 Å². The van der Waals surface area contributed by atoms with Gasteiger partial charge in [-0.1, -0.05) is 18.2 Å². The van der Waals surface area contributed by atoms with Gasteiger partial charge in [0.25, 0.3) is 0 Å². The maximum absolute atomic E-state index is 15.7. The second kappa shape index (κ2) is 12.3. The van der Waals surface area contributed by atoms with Crippen LogP contribution in [-0.4, -0.2) is 91.2 Å². The molecular weight excluding hydrogens is 497 g/mol. The Labute approximate surface area is 231 Å². The van der Waals surface area contributed by atoms with Crippen LogP contribution in [-0.2, 0) is 15.1 Å². The van der Waals surface area contributed by atoms with Gasteiger partial charge in [-0.3, -0.25) is 0 Å². The first kappa shape index (κ1) is 28.8. The number of carbonyl (C=O) groups is 1. The van der Waals surface area contributed by atoms with Crippen molar-refractivity contribution in [3.05, 3.63) is 53.6 Å². The number of piperazine rings is 1. The molecule has 3 heterocycles. The van der Waals surface area contributed by atoms with Gasteiger partial charge in [0.15, 0.2) is 0 Å². The van der Waals surface area contributed by atoms with Crippen LogP contribution in [0.1, 0.15) is 51.8 Å². The van der Waals surface area contributed by atoms with E-state index < -0.39 is 5.60 Å². The molecule has 0 bridgehead atoms. The van der Waals surface area contributed by atoms with Crippen LogP contribution in [0.2, 0.25) is 0 Å². The van der Waals surface area contributed by atoms with Crippen LogP contribution < -0.4 is 0 Å². The van der Waals surface area contributed by atoms with Gasteiger partial charge >= 0.3 is 6.09 Å². The lowest BCUT2D eigenvalue weighted by Crippen LogP contribution is -2.48. The van der Waals surface area contributed by atoms with Gasteiger partial charge < -0.3 is 24.2 Å². The standard InChI is InChI=1S/C30H42FN5O3/c1-7-27(34-15-17-35(18-16-34)29(37)39-8-2)28-19-23(21-36(28)32-5)25-10-9-24(20-26(25)31)30(38-6)11-13-33(14-12-30)22(3)4/h7,9-10,19-22H,5,8,11-18H2,1-4,6H3/b27-7+. The number of aromatic nitrogens is 1. The molecule has 0 saturated carbocycles. The monoisotopic (exact) mass is 539 g/mol. The van der Waals surface area contributed by atoms with Crippen LogP contribution in [0.25, 0.3) is 16.8 Å². The summed E-state index contributed by atoms with van der Waals surface area (Å²) in [4.78, 5) is 18.5. The Morgan fingerprint density at radius 1 is 1.13 bits per heavy atom. The maximum Gasteiger partial charge on any atom is 0.409 e. The summed E-state index contributed by atoms with van der Waals surface area (Å²) in [6.07, 6.45) is 5.21. The van der Waals surface area contributed by atoms with Crippen molar-refractivity contribution in [2.45, 2.75) is 52.2 Å². The molecule has 2 saturated heterocycles. The van der Waals surface area contributed by atoms with Gasteiger partial charge in [-0.2, -0.15) is 5.10 Å². The fourth-order valence-electron chi connectivity index (χ4n) is 5.79. The number of halogens is 1. The molecule has 1 amide bonds. The summed E-state index contributed by atoms with van der Waals surface area (Å²) in [5.41, 5.74) is 3.43. The first-order valence-electron chi connectivity index (χ1n) is 13.9. The first-order chi connectivity index (χ1) is 18.8. The lowest BCUT2D eigenvalue weighted by atomic mass is 9.83. The van der Waals surface area contributed by atoms with Crippen molar-refractivity contribution < 1.29 is 18.7 Å². The van der Waals surface area contributed by atoms with E-state index in [2.05, 4.69) is 35.5 Å². The number of ether oxygens (including phenoxy) is 2. The smallest absolute Gasteiger partial charge is 0.409 e. The quantitative estimate of drug-likeness (QED) is 0.430. The van der Waals surface area contributed by atoms with Gasteiger partial charge in [0.1, 0.15) is 5.82 Å². The molecular formula is C30H42FN5O3. The third-order valence-electron chi connectivity index (χ3n) is 8.17. The zero-order chi connectivity index (χ0) is 28.2. The van der Waals surface area contributed by atoms with Gasteiger partial charge in [0.2, 0.25) is 0 Å². The number of nitrogens with zero attached hydrogens (tertiary/aromatic N) is 5. The highest BCUT2D eigenvalue weighted by Crippen LogP contribution is 2.39. The number of amides is 1. The SMILES string of the molecule is C=Nn1cc(-c2ccc(C3(OC)CCN(C(C)C)CC3)cc2F)cc1/C(=C\C)N1CCN(C(=O)OCC)CC1. The zero-order valence-electron chi connectivity index (χ0n) is 24.0. The summed E-state index contributed by atoms with van der Waals surface area (Å²) in [5.74, 6) is -0.284. The van der Waals surface area contributed by atoms with E-state index in [9.17, 15) is 4.79 Å². The van der Waals surface area contributed by atoms with Gasteiger partial charge in [0.05, 0.1) is 23.6 Å². The molecule has 0 spiro atoms. The van der Waals surface area contributed by atoms with E-state index in [-0.39, 0.29) is 11.9 Å². The average Bonchev–Trinajstić information content (AvgIpc) is 3.37. The number of hydrogen-bond donors (Lipinski definition) is 0. The topological polar surface area (TPSA) is 62.5 Å². The van der Waals surface area contributed by atoms with Gasteiger partial charge in [-0.15, -0.1) is 0 Å². The fraction of sp³-hybridized carbons (Fsp3) is 0.533. The third-order valence-corrected chi connectivity index (χ3v) is 8.17. The van der Waals surface area contributed by atoms with E-state index >= 15 is 4.39 Å². The molecule has 1 aromatic carbocycles. The molecule has 2 aliphatic rings. The molecule has 39 heavy (non-hydrogen) atoms. The molecule has 4 rings (SSSR count). The number of carbonyl (C=O) groups excluding carboxylic acids is 1. The highest BCUT2D eigenvalue weighted by molar-refractivity contribution is 5.72. The molecule has 0 unspecified atom stereocenters. The third kappa shape index (κ3) is 5.89. The maximum atomic E-state index is 15.7. The average molecular weight is 540 g/mol. The van der Waals surface area contributed by atoms with Crippen LogP contribution in [0.4, 0.5) is 9.18 Å². The molecule has 2 aliphatic heterocycles. The van der Waals surface area contributed by atoms with Crippen molar-refractivity contribution >= 4 is 18.5 Å². The van der Waals surface area contributed by atoms with E-state index in [1.807, 2.05) is 44.3 Å². The lowest BCUT2D eigenvalue weighted by Gasteiger charge is -2.42. The summed E-state index contributed by atoms with van der Waals surface area (Å²) in [6.45, 7) is 16.6. The van der Waals surface area contributed by atoms with Gasteiger partial charge in [0, 0.05) is 76.5 Å². The molecule has 0 N–H and O–H groups in total. The summed E-state index contributed by atoms with van der Waals surface area (Å²) in [5, 5.41) is 4.18. The van der Waals surface area contributed by atoms with E-state index in [4.69, 9.17) is 9.47 Å².